The monoisotopic (exact) mass is 348 g/mol. The highest BCUT2D eigenvalue weighted by atomic mass is 79.9. The zero-order valence-electron chi connectivity index (χ0n) is 10.8. The number of rotatable bonds is 4. The lowest BCUT2D eigenvalue weighted by molar-refractivity contribution is 0.121. The van der Waals surface area contributed by atoms with Crippen LogP contribution in [0.3, 0.4) is 0 Å². The number of pyridine rings is 1. The van der Waals surface area contributed by atoms with E-state index in [9.17, 15) is 8.42 Å². The van der Waals surface area contributed by atoms with Crippen LogP contribution in [0, 0.1) is 5.92 Å². The van der Waals surface area contributed by atoms with Crippen molar-refractivity contribution in [3.8, 4) is 0 Å². The molecule has 0 unspecified atom stereocenters. The van der Waals surface area contributed by atoms with Gasteiger partial charge in [-0.15, -0.1) is 0 Å². The van der Waals surface area contributed by atoms with Crippen LogP contribution in [0.5, 0.6) is 0 Å². The molecule has 1 fully saturated rings. The van der Waals surface area contributed by atoms with E-state index in [1.807, 2.05) is 0 Å². The summed E-state index contributed by atoms with van der Waals surface area (Å²) in [5, 5.41) is 0. The Kier molecular flexibility index (Phi) is 4.94. The maximum atomic E-state index is 12.4. The summed E-state index contributed by atoms with van der Waals surface area (Å²) < 4.78 is 32.2. The van der Waals surface area contributed by atoms with Crippen LogP contribution in [-0.2, 0) is 14.8 Å². The van der Waals surface area contributed by atoms with Crippen molar-refractivity contribution >= 4 is 26.0 Å². The summed E-state index contributed by atoms with van der Waals surface area (Å²) in [4.78, 5) is 4.16. The van der Waals surface area contributed by atoms with E-state index in [0.29, 0.717) is 30.1 Å². The molecule has 1 saturated heterocycles. The Balaban J connectivity index is 2.10. The van der Waals surface area contributed by atoms with Crippen molar-refractivity contribution in [3.63, 3.8) is 0 Å². The Morgan fingerprint density at radius 1 is 1.42 bits per heavy atom. The summed E-state index contributed by atoms with van der Waals surface area (Å²) >= 11 is 3.25. The largest absolute Gasteiger partial charge is 0.384 e. The quantitative estimate of drug-likeness (QED) is 0.833. The third-order valence-electron chi connectivity index (χ3n) is 3.29. The summed E-state index contributed by atoms with van der Waals surface area (Å²) in [7, 11) is -1.75. The maximum Gasteiger partial charge on any atom is 0.244 e. The fraction of sp³-hybridized carbons (Fsp3) is 0.583. The molecule has 1 aromatic rings. The number of ether oxygens (including phenoxy) is 1. The molecule has 106 valence electrons. The molecule has 19 heavy (non-hydrogen) atoms. The molecule has 0 atom stereocenters. The summed E-state index contributed by atoms with van der Waals surface area (Å²) in [6, 6.07) is 1.59. The first-order chi connectivity index (χ1) is 9.04. The van der Waals surface area contributed by atoms with Crippen molar-refractivity contribution in [3.05, 3.63) is 22.9 Å². The van der Waals surface area contributed by atoms with Crippen LogP contribution >= 0.6 is 15.9 Å². The molecule has 7 heteroatoms. The molecule has 0 aliphatic carbocycles. The molecule has 0 saturated carbocycles. The highest BCUT2D eigenvalue weighted by molar-refractivity contribution is 9.10. The van der Waals surface area contributed by atoms with E-state index in [4.69, 9.17) is 4.74 Å². The first kappa shape index (κ1) is 14.9. The average molecular weight is 349 g/mol. The molecule has 0 N–H and O–H groups in total. The first-order valence-corrected chi connectivity index (χ1v) is 8.37. The van der Waals surface area contributed by atoms with Crippen molar-refractivity contribution in [2.24, 2.45) is 5.92 Å². The van der Waals surface area contributed by atoms with Gasteiger partial charge in [-0.05, 0) is 40.8 Å². The van der Waals surface area contributed by atoms with Gasteiger partial charge >= 0.3 is 0 Å². The molecule has 1 aromatic heterocycles. The van der Waals surface area contributed by atoms with Crippen LogP contribution in [-0.4, -0.2) is 44.5 Å². The van der Waals surface area contributed by atoms with E-state index in [1.165, 1.54) is 10.5 Å². The normalized spacial score (nSPS) is 18.6. The molecule has 1 aliphatic heterocycles. The Bertz CT molecular complexity index is 528. The van der Waals surface area contributed by atoms with Gasteiger partial charge in [0, 0.05) is 43.7 Å². The van der Waals surface area contributed by atoms with Gasteiger partial charge < -0.3 is 4.74 Å². The van der Waals surface area contributed by atoms with Crippen molar-refractivity contribution in [1.82, 2.24) is 9.29 Å². The van der Waals surface area contributed by atoms with Gasteiger partial charge in [-0.1, -0.05) is 0 Å². The second-order valence-electron chi connectivity index (χ2n) is 4.64. The third kappa shape index (κ3) is 3.53. The minimum absolute atomic E-state index is 0.243. The number of hydrogen-bond donors (Lipinski definition) is 0. The lowest BCUT2D eigenvalue weighted by Crippen LogP contribution is -2.39. The number of methoxy groups -OCH3 is 1. The van der Waals surface area contributed by atoms with Crippen molar-refractivity contribution in [2.75, 3.05) is 26.8 Å². The molecule has 2 rings (SSSR count). The summed E-state index contributed by atoms with van der Waals surface area (Å²) in [5.41, 5.74) is 0. The number of sulfonamides is 1. The van der Waals surface area contributed by atoms with Gasteiger partial charge in [-0.3, -0.25) is 4.98 Å². The van der Waals surface area contributed by atoms with E-state index in [-0.39, 0.29) is 4.90 Å². The number of hydrogen-bond acceptors (Lipinski definition) is 4. The van der Waals surface area contributed by atoms with Gasteiger partial charge in [-0.2, -0.15) is 4.31 Å². The SMILES string of the molecule is COCC1CCN(S(=O)(=O)c2cncc(Br)c2)CC1. The minimum atomic E-state index is -3.42. The lowest BCUT2D eigenvalue weighted by atomic mass is 9.99. The number of halogens is 1. The van der Waals surface area contributed by atoms with Gasteiger partial charge in [-0.25, -0.2) is 8.42 Å². The molecule has 1 aliphatic rings. The topological polar surface area (TPSA) is 59.5 Å². The fourth-order valence-corrected chi connectivity index (χ4v) is 4.21. The van der Waals surface area contributed by atoms with Crippen LogP contribution in [0.2, 0.25) is 0 Å². The molecule has 0 spiro atoms. The fourth-order valence-electron chi connectivity index (χ4n) is 2.23. The molecule has 2 heterocycles. The highest BCUT2D eigenvalue weighted by Gasteiger charge is 2.29. The average Bonchev–Trinajstić information content (AvgIpc) is 2.40. The molecular weight excluding hydrogens is 332 g/mol. The predicted octanol–water partition coefficient (Wildman–Crippen LogP) is 1.89. The van der Waals surface area contributed by atoms with E-state index in [0.717, 1.165) is 12.8 Å². The van der Waals surface area contributed by atoms with Crippen LogP contribution < -0.4 is 0 Å². The Hall–Kier alpha value is -0.500. The summed E-state index contributed by atoms with van der Waals surface area (Å²) in [6.45, 7) is 1.79. The summed E-state index contributed by atoms with van der Waals surface area (Å²) in [5.74, 6) is 0.456. The third-order valence-corrected chi connectivity index (χ3v) is 5.59. The van der Waals surface area contributed by atoms with Crippen LogP contribution in [0.1, 0.15) is 12.8 Å². The van der Waals surface area contributed by atoms with Gasteiger partial charge in [0.2, 0.25) is 10.0 Å². The molecule has 0 aromatic carbocycles. The van der Waals surface area contributed by atoms with E-state index in [2.05, 4.69) is 20.9 Å². The van der Waals surface area contributed by atoms with Gasteiger partial charge in [0.05, 0.1) is 0 Å². The summed E-state index contributed by atoms with van der Waals surface area (Å²) in [6.07, 6.45) is 4.65. The van der Waals surface area contributed by atoms with E-state index < -0.39 is 10.0 Å². The Morgan fingerprint density at radius 3 is 2.68 bits per heavy atom. The predicted molar refractivity (Wildman–Crippen MR) is 75.3 cm³/mol. The zero-order chi connectivity index (χ0) is 13.9. The Labute approximate surface area is 122 Å². The molecule has 0 amide bonds. The lowest BCUT2D eigenvalue weighted by Gasteiger charge is -2.30. The van der Waals surface area contributed by atoms with Crippen molar-refractivity contribution < 1.29 is 13.2 Å². The van der Waals surface area contributed by atoms with Gasteiger partial charge in [0.15, 0.2) is 0 Å². The van der Waals surface area contributed by atoms with Crippen LogP contribution in [0.25, 0.3) is 0 Å². The first-order valence-electron chi connectivity index (χ1n) is 6.13. The standard InChI is InChI=1S/C12H17BrN2O3S/c1-18-9-10-2-4-15(5-3-10)19(16,17)12-6-11(13)7-14-8-12/h6-8,10H,2-5,9H2,1H3. The second kappa shape index (κ2) is 6.30. The smallest absolute Gasteiger partial charge is 0.244 e. The van der Waals surface area contributed by atoms with Gasteiger partial charge in [0.25, 0.3) is 0 Å². The molecule has 5 nitrogen and oxygen atoms in total. The van der Waals surface area contributed by atoms with Crippen molar-refractivity contribution in [1.29, 1.82) is 0 Å². The maximum absolute atomic E-state index is 12.4. The van der Waals surface area contributed by atoms with Crippen LogP contribution in [0.4, 0.5) is 0 Å². The number of piperidine rings is 1. The minimum Gasteiger partial charge on any atom is -0.384 e. The second-order valence-corrected chi connectivity index (χ2v) is 7.50. The van der Waals surface area contributed by atoms with E-state index in [1.54, 1.807) is 19.4 Å². The van der Waals surface area contributed by atoms with Crippen LogP contribution in [0.15, 0.2) is 27.8 Å². The number of aromatic nitrogens is 1. The highest BCUT2D eigenvalue weighted by Crippen LogP contribution is 2.24. The molecule has 0 bridgehead atoms. The van der Waals surface area contributed by atoms with Gasteiger partial charge in [0.1, 0.15) is 4.90 Å². The van der Waals surface area contributed by atoms with Crippen molar-refractivity contribution in [2.45, 2.75) is 17.7 Å². The van der Waals surface area contributed by atoms with E-state index >= 15 is 0 Å². The zero-order valence-corrected chi connectivity index (χ0v) is 13.2. The molecular formula is C12H17BrN2O3S. The number of nitrogens with zero attached hydrogens (tertiary/aromatic N) is 2. The Morgan fingerprint density at radius 2 is 2.11 bits per heavy atom. The molecule has 0 radical (unpaired) electrons.